The van der Waals surface area contributed by atoms with Gasteiger partial charge in [-0.15, -0.1) is 0 Å². The van der Waals surface area contributed by atoms with Gasteiger partial charge in [-0.25, -0.2) is 0 Å². The summed E-state index contributed by atoms with van der Waals surface area (Å²) < 4.78 is 5.33. The first-order valence-corrected chi connectivity index (χ1v) is 5.36. The maximum atomic E-state index is 5.33. The maximum absolute atomic E-state index is 5.33. The van der Waals surface area contributed by atoms with Crippen LogP contribution in [0.1, 0.15) is 12.5 Å². The van der Waals surface area contributed by atoms with Crippen LogP contribution in [-0.4, -0.2) is 26.3 Å². The van der Waals surface area contributed by atoms with E-state index >= 15 is 0 Å². The molecule has 0 unspecified atom stereocenters. The first-order valence-electron chi connectivity index (χ1n) is 5.36. The summed E-state index contributed by atoms with van der Waals surface area (Å²) in [7, 11) is 0. The Morgan fingerprint density at radius 1 is 1.20 bits per heavy atom. The molecule has 1 aliphatic rings. The van der Waals surface area contributed by atoms with Gasteiger partial charge in [-0.1, -0.05) is 24.3 Å². The second-order valence-electron chi connectivity index (χ2n) is 3.93. The number of morpholine rings is 1. The number of benzene rings is 1. The van der Waals surface area contributed by atoms with E-state index in [4.69, 9.17) is 4.74 Å². The van der Waals surface area contributed by atoms with Gasteiger partial charge >= 0.3 is 0 Å². The fraction of sp³-hybridized carbons (Fsp3) is 0.385. The van der Waals surface area contributed by atoms with Crippen LogP contribution >= 0.6 is 0 Å². The number of ether oxygens (including phenoxy) is 1. The van der Waals surface area contributed by atoms with Gasteiger partial charge in [0.1, 0.15) is 0 Å². The van der Waals surface area contributed by atoms with E-state index in [0.29, 0.717) is 0 Å². The third kappa shape index (κ3) is 2.39. The van der Waals surface area contributed by atoms with Crippen LogP contribution in [0, 0.1) is 0 Å². The van der Waals surface area contributed by atoms with Gasteiger partial charge in [0.15, 0.2) is 0 Å². The first kappa shape index (κ1) is 10.2. The molecule has 0 amide bonds. The minimum atomic E-state index is 0.836. The minimum absolute atomic E-state index is 0.836. The summed E-state index contributed by atoms with van der Waals surface area (Å²) in [5, 5.41) is 0. The van der Waals surface area contributed by atoms with Gasteiger partial charge in [-0.05, 0) is 24.6 Å². The van der Waals surface area contributed by atoms with Crippen LogP contribution in [0.15, 0.2) is 30.8 Å². The van der Waals surface area contributed by atoms with E-state index in [9.17, 15) is 0 Å². The molecule has 1 aromatic carbocycles. The molecule has 0 aromatic heterocycles. The molecule has 2 rings (SSSR count). The lowest BCUT2D eigenvalue weighted by Gasteiger charge is -2.28. The average Bonchev–Trinajstić information content (AvgIpc) is 2.30. The Hall–Kier alpha value is -1.28. The predicted molar refractivity (Wildman–Crippen MR) is 64.2 cm³/mol. The van der Waals surface area contributed by atoms with E-state index in [2.05, 4.69) is 35.7 Å². The van der Waals surface area contributed by atoms with Crippen LogP contribution in [0.4, 0.5) is 5.69 Å². The Balaban J connectivity index is 2.11. The summed E-state index contributed by atoms with van der Waals surface area (Å²) >= 11 is 0. The topological polar surface area (TPSA) is 12.5 Å². The van der Waals surface area contributed by atoms with Crippen molar-refractivity contribution in [3.8, 4) is 0 Å². The van der Waals surface area contributed by atoms with Crippen molar-refractivity contribution < 1.29 is 4.74 Å². The van der Waals surface area contributed by atoms with Crippen LogP contribution in [0.3, 0.4) is 0 Å². The van der Waals surface area contributed by atoms with Gasteiger partial charge in [0.2, 0.25) is 0 Å². The minimum Gasteiger partial charge on any atom is -0.378 e. The second kappa shape index (κ2) is 4.49. The Bertz CT molecular complexity index is 336. The normalized spacial score (nSPS) is 16.5. The highest BCUT2D eigenvalue weighted by molar-refractivity contribution is 5.64. The number of allylic oxidation sites excluding steroid dienone is 1. The summed E-state index contributed by atoms with van der Waals surface area (Å²) in [4.78, 5) is 2.35. The zero-order valence-corrected chi connectivity index (χ0v) is 9.20. The molecule has 1 fully saturated rings. The molecule has 1 heterocycles. The van der Waals surface area contributed by atoms with Crippen LogP contribution in [0.25, 0.3) is 5.57 Å². The van der Waals surface area contributed by atoms with Crippen molar-refractivity contribution in [3.63, 3.8) is 0 Å². The lowest BCUT2D eigenvalue weighted by atomic mass is 10.1. The van der Waals surface area contributed by atoms with E-state index in [0.717, 1.165) is 31.9 Å². The van der Waals surface area contributed by atoms with E-state index in [1.165, 1.54) is 11.3 Å². The molecule has 1 aromatic rings. The van der Waals surface area contributed by atoms with Gasteiger partial charge in [0.25, 0.3) is 0 Å². The molecule has 0 spiro atoms. The molecule has 0 saturated carbocycles. The quantitative estimate of drug-likeness (QED) is 0.732. The largest absolute Gasteiger partial charge is 0.378 e. The molecule has 2 heteroatoms. The third-order valence-electron chi connectivity index (χ3n) is 2.74. The molecule has 1 aliphatic heterocycles. The zero-order chi connectivity index (χ0) is 10.7. The summed E-state index contributed by atoms with van der Waals surface area (Å²) in [6.07, 6.45) is 0. The van der Waals surface area contributed by atoms with Crippen molar-refractivity contribution in [3.05, 3.63) is 36.4 Å². The van der Waals surface area contributed by atoms with Gasteiger partial charge in [-0.3, -0.25) is 0 Å². The molecular formula is C13H17NO. The number of rotatable bonds is 2. The summed E-state index contributed by atoms with van der Waals surface area (Å²) in [5.41, 5.74) is 3.61. The highest BCUT2D eigenvalue weighted by atomic mass is 16.5. The number of hydrogen-bond donors (Lipinski definition) is 0. The number of nitrogens with zero attached hydrogens (tertiary/aromatic N) is 1. The fourth-order valence-corrected chi connectivity index (χ4v) is 1.78. The van der Waals surface area contributed by atoms with Crippen molar-refractivity contribution in [1.29, 1.82) is 0 Å². The Labute approximate surface area is 91.2 Å². The van der Waals surface area contributed by atoms with E-state index < -0.39 is 0 Å². The predicted octanol–water partition coefficient (Wildman–Crippen LogP) is 2.56. The third-order valence-corrected chi connectivity index (χ3v) is 2.74. The lowest BCUT2D eigenvalue weighted by Crippen LogP contribution is -2.36. The zero-order valence-electron chi connectivity index (χ0n) is 9.20. The van der Waals surface area contributed by atoms with E-state index in [1.807, 2.05) is 6.92 Å². The lowest BCUT2D eigenvalue weighted by molar-refractivity contribution is 0.122. The molecule has 1 saturated heterocycles. The molecule has 15 heavy (non-hydrogen) atoms. The number of anilines is 1. The van der Waals surface area contributed by atoms with Crippen molar-refractivity contribution >= 4 is 11.3 Å². The van der Waals surface area contributed by atoms with Crippen molar-refractivity contribution in [2.45, 2.75) is 6.92 Å². The Morgan fingerprint density at radius 3 is 2.33 bits per heavy atom. The molecule has 0 atom stereocenters. The summed E-state index contributed by atoms with van der Waals surface area (Å²) in [5.74, 6) is 0. The van der Waals surface area contributed by atoms with Crippen molar-refractivity contribution in [1.82, 2.24) is 0 Å². The molecule has 0 bridgehead atoms. The first-order chi connectivity index (χ1) is 7.27. The smallest absolute Gasteiger partial charge is 0.0642 e. The van der Waals surface area contributed by atoms with Crippen molar-refractivity contribution in [2.75, 3.05) is 31.2 Å². The molecule has 0 N–H and O–H groups in total. The maximum Gasteiger partial charge on any atom is 0.0642 e. The van der Waals surface area contributed by atoms with Gasteiger partial charge in [0, 0.05) is 18.8 Å². The van der Waals surface area contributed by atoms with Gasteiger partial charge in [-0.2, -0.15) is 0 Å². The SMILES string of the molecule is C=C(C)c1ccc(N2CCOCC2)cc1. The van der Waals surface area contributed by atoms with Gasteiger partial charge < -0.3 is 9.64 Å². The second-order valence-corrected chi connectivity index (χ2v) is 3.93. The van der Waals surface area contributed by atoms with E-state index in [1.54, 1.807) is 0 Å². The average molecular weight is 203 g/mol. The van der Waals surface area contributed by atoms with E-state index in [-0.39, 0.29) is 0 Å². The Kier molecular flexibility index (Phi) is 3.07. The standard InChI is InChI=1S/C13H17NO/c1-11(2)12-3-5-13(6-4-12)14-7-9-15-10-8-14/h3-6H,1,7-10H2,2H3. The van der Waals surface area contributed by atoms with Crippen molar-refractivity contribution in [2.24, 2.45) is 0 Å². The van der Waals surface area contributed by atoms with Gasteiger partial charge in [0.05, 0.1) is 13.2 Å². The summed E-state index contributed by atoms with van der Waals surface area (Å²) in [6.45, 7) is 9.62. The fourth-order valence-electron chi connectivity index (χ4n) is 1.78. The summed E-state index contributed by atoms with van der Waals surface area (Å²) in [6, 6.07) is 8.59. The van der Waals surface area contributed by atoms with Crippen LogP contribution in [0.5, 0.6) is 0 Å². The van der Waals surface area contributed by atoms with Crippen LogP contribution in [-0.2, 0) is 4.74 Å². The monoisotopic (exact) mass is 203 g/mol. The Morgan fingerprint density at radius 2 is 1.80 bits per heavy atom. The van der Waals surface area contributed by atoms with Crippen LogP contribution < -0.4 is 4.90 Å². The number of hydrogen-bond acceptors (Lipinski definition) is 2. The molecule has 2 nitrogen and oxygen atoms in total. The highest BCUT2D eigenvalue weighted by Crippen LogP contribution is 2.19. The molecular weight excluding hydrogens is 186 g/mol. The highest BCUT2D eigenvalue weighted by Gasteiger charge is 2.10. The molecule has 0 aliphatic carbocycles. The van der Waals surface area contributed by atoms with Crippen LogP contribution in [0.2, 0.25) is 0 Å². The molecule has 80 valence electrons. The molecule has 0 radical (unpaired) electrons.